The molecule has 0 saturated carbocycles. The van der Waals surface area contributed by atoms with Gasteiger partial charge in [-0.2, -0.15) is 0 Å². The average Bonchev–Trinajstić information content (AvgIpc) is 2.39. The molecule has 2 aromatic carbocycles. The molecule has 0 aliphatic carbocycles. The standard InChI is InChI=1S/C14H14BrNOS/c15-13-7-3-4-8-14(13)18(17)10-12-6-2-1-5-11(12)9-16/h1-8H,9-10,16H2. The van der Waals surface area contributed by atoms with Crippen LogP contribution < -0.4 is 5.73 Å². The van der Waals surface area contributed by atoms with Crippen molar-refractivity contribution in [2.75, 3.05) is 0 Å². The summed E-state index contributed by atoms with van der Waals surface area (Å²) >= 11 is 3.43. The van der Waals surface area contributed by atoms with Gasteiger partial charge < -0.3 is 5.73 Å². The Bertz CT molecular complexity index is 571. The lowest BCUT2D eigenvalue weighted by atomic mass is 10.1. The zero-order valence-corrected chi connectivity index (χ0v) is 12.2. The zero-order valence-electron chi connectivity index (χ0n) is 9.80. The Hall–Kier alpha value is -0.970. The summed E-state index contributed by atoms with van der Waals surface area (Å²) in [4.78, 5) is 0.823. The molecule has 2 rings (SSSR count). The Kier molecular flexibility index (Phi) is 4.69. The van der Waals surface area contributed by atoms with Crippen LogP contribution in [0.15, 0.2) is 57.9 Å². The maximum atomic E-state index is 12.3. The summed E-state index contributed by atoms with van der Waals surface area (Å²) in [5.41, 5.74) is 7.79. The van der Waals surface area contributed by atoms with E-state index >= 15 is 0 Å². The molecule has 2 aromatic rings. The van der Waals surface area contributed by atoms with Gasteiger partial charge in [0.1, 0.15) is 0 Å². The van der Waals surface area contributed by atoms with Crippen LogP contribution in [0.3, 0.4) is 0 Å². The normalized spacial score (nSPS) is 12.3. The minimum absolute atomic E-state index is 0.476. The molecule has 94 valence electrons. The highest BCUT2D eigenvalue weighted by Crippen LogP contribution is 2.22. The third-order valence-electron chi connectivity index (χ3n) is 2.71. The summed E-state index contributed by atoms with van der Waals surface area (Å²) in [7, 11) is -1.06. The van der Waals surface area contributed by atoms with E-state index in [0.29, 0.717) is 12.3 Å². The Morgan fingerprint density at radius 1 is 1.00 bits per heavy atom. The second kappa shape index (κ2) is 6.27. The van der Waals surface area contributed by atoms with Crippen LogP contribution in [0.4, 0.5) is 0 Å². The summed E-state index contributed by atoms with van der Waals surface area (Å²) in [6.07, 6.45) is 0. The molecule has 18 heavy (non-hydrogen) atoms. The molecule has 1 unspecified atom stereocenters. The molecule has 0 bridgehead atoms. The van der Waals surface area contributed by atoms with Gasteiger partial charge in [-0.25, -0.2) is 0 Å². The number of hydrogen-bond donors (Lipinski definition) is 1. The molecule has 0 amide bonds. The van der Waals surface area contributed by atoms with Crippen LogP contribution in [-0.4, -0.2) is 4.21 Å². The second-order valence-electron chi connectivity index (χ2n) is 3.89. The Morgan fingerprint density at radius 3 is 2.28 bits per heavy atom. The first-order chi connectivity index (χ1) is 8.72. The third kappa shape index (κ3) is 3.07. The smallest absolute Gasteiger partial charge is 0.0585 e. The molecule has 0 aliphatic heterocycles. The lowest BCUT2D eigenvalue weighted by Gasteiger charge is -2.08. The van der Waals surface area contributed by atoms with Crippen LogP contribution in [0.5, 0.6) is 0 Å². The Morgan fingerprint density at radius 2 is 1.61 bits per heavy atom. The Labute approximate surface area is 118 Å². The van der Waals surface area contributed by atoms with Crippen molar-refractivity contribution >= 4 is 26.7 Å². The summed E-state index contributed by atoms with van der Waals surface area (Å²) in [6, 6.07) is 15.5. The number of benzene rings is 2. The molecule has 2 N–H and O–H groups in total. The van der Waals surface area contributed by atoms with Gasteiger partial charge in [-0.3, -0.25) is 4.21 Å². The fourth-order valence-corrected chi connectivity index (χ4v) is 3.81. The average molecular weight is 324 g/mol. The van der Waals surface area contributed by atoms with Crippen LogP contribution in [-0.2, 0) is 23.1 Å². The van der Waals surface area contributed by atoms with Gasteiger partial charge in [0.05, 0.1) is 21.4 Å². The van der Waals surface area contributed by atoms with Gasteiger partial charge in [0.15, 0.2) is 0 Å². The van der Waals surface area contributed by atoms with Crippen LogP contribution in [0, 0.1) is 0 Å². The maximum Gasteiger partial charge on any atom is 0.0585 e. The molecule has 1 atom stereocenters. The molecular weight excluding hydrogens is 310 g/mol. The van der Waals surface area contributed by atoms with Gasteiger partial charge in [-0.1, -0.05) is 36.4 Å². The summed E-state index contributed by atoms with van der Waals surface area (Å²) in [6.45, 7) is 0.476. The quantitative estimate of drug-likeness (QED) is 0.938. The van der Waals surface area contributed by atoms with Crippen LogP contribution >= 0.6 is 15.9 Å². The highest BCUT2D eigenvalue weighted by molar-refractivity contribution is 9.10. The van der Waals surface area contributed by atoms with Gasteiger partial charge in [-0.05, 0) is 39.2 Å². The first kappa shape index (κ1) is 13.5. The topological polar surface area (TPSA) is 43.1 Å². The first-order valence-corrected chi connectivity index (χ1v) is 7.73. The molecule has 0 aliphatic rings. The van der Waals surface area contributed by atoms with E-state index in [4.69, 9.17) is 5.73 Å². The van der Waals surface area contributed by atoms with Gasteiger partial charge in [0.2, 0.25) is 0 Å². The SMILES string of the molecule is NCc1ccccc1CS(=O)c1ccccc1Br. The lowest BCUT2D eigenvalue weighted by Crippen LogP contribution is -2.04. The predicted molar refractivity (Wildman–Crippen MR) is 78.6 cm³/mol. The fraction of sp³-hybridized carbons (Fsp3) is 0.143. The summed E-state index contributed by atoms with van der Waals surface area (Å²) in [5, 5.41) is 0. The van der Waals surface area contributed by atoms with Gasteiger partial charge in [0, 0.05) is 11.0 Å². The third-order valence-corrected chi connectivity index (χ3v) is 5.08. The maximum absolute atomic E-state index is 12.3. The van der Waals surface area contributed by atoms with E-state index in [1.807, 2.05) is 48.5 Å². The lowest BCUT2D eigenvalue weighted by molar-refractivity contribution is 0.682. The Balaban J connectivity index is 2.24. The monoisotopic (exact) mass is 323 g/mol. The second-order valence-corrected chi connectivity index (χ2v) is 6.17. The van der Waals surface area contributed by atoms with Crippen LogP contribution in [0.25, 0.3) is 0 Å². The summed E-state index contributed by atoms with van der Waals surface area (Å²) < 4.78 is 13.2. The molecule has 0 fully saturated rings. The van der Waals surface area contributed by atoms with Gasteiger partial charge >= 0.3 is 0 Å². The number of hydrogen-bond acceptors (Lipinski definition) is 2. The molecule has 4 heteroatoms. The van der Waals surface area contributed by atoms with Crippen molar-refractivity contribution in [3.05, 3.63) is 64.1 Å². The van der Waals surface area contributed by atoms with E-state index in [9.17, 15) is 4.21 Å². The van der Waals surface area contributed by atoms with Crippen LogP contribution in [0.2, 0.25) is 0 Å². The van der Waals surface area contributed by atoms with Crippen molar-refractivity contribution in [2.45, 2.75) is 17.2 Å². The minimum atomic E-state index is -1.06. The molecule has 0 radical (unpaired) electrons. The van der Waals surface area contributed by atoms with Gasteiger partial charge in [0.25, 0.3) is 0 Å². The molecule has 0 saturated heterocycles. The number of halogens is 1. The van der Waals surface area contributed by atoms with E-state index in [1.165, 1.54) is 0 Å². The molecule has 0 aromatic heterocycles. The molecular formula is C14H14BrNOS. The zero-order chi connectivity index (χ0) is 13.0. The van der Waals surface area contributed by atoms with Crippen molar-refractivity contribution in [3.63, 3.8) is 0 Å². The minimum Gasteiger partial charge on any atom is -0.326 e. The fourth-order valence-electron chi connectivity index (χ4n) is 1.75. The van der Waals surface area contributed by atoms with Crippen molar-refractivity contribution in [2.24, 2.45) is 5.73 Å². The summed E-state index contributed by atoms with van der Waals surface area (Å²) in [5.74, 6) is 0.496. The van der Waals surface area contributed by atoms with Crippen molar-refractivity contribution in [1.29, 1.82) is 0 Å². The highest BCUT2D eigenvalue weighted by atomic mass is 79.9. The van der Waals surface area contributed by atoms with E-state index in [-0.39, 0.29) is 0 Å². The van der Waals surface area contributed by atoms with E-state index < -0.39 is 10.8 Å². The molecule has 0 heterocycles. The van der Waals surface area contributed by atoms with E-state index in [1.54, 1.807) is 0 Å². The van der Waals surface area contributed by atoms with E-state index in [2.05, 4.69) is 15.9 Å². The number of nitrogens with two attached hydrogens (primary N) is 1. The van der Waals surface area contributed by atoms with Crippen molar-refractivity contribution in [1.82, 2.24) is 0 Å². The van der Waals surface area contributed by atoms with Crippen LogP contribution in [0.1, 0.15) is 11.1 Å². The number of rotatable bonds is 4. The van der Waals surface area contributed by atoms with Crippen molar-refractivity contribution in [3.8, 4) is 0 Å². The first-order valence-electron chi connectivity index (χ1n) is 5.62. The largest absolute Gasteiger partial charge is 0.326 e. The highest BCUT2D eigenvalue weighted by Gasteiger charge is 2.10. The van der Waals surface area contributed by atoms with Crippen molar-refractivity contribution < 1.29 is 4.21 Å². The van der Waals surface area contributed by atoms with E-state index in [0.717, 1.165) is 20.5 Å². The molecule has 0 spiro atoms. The predicted octanol–water partition coefficient (Wildman–Crippen LogP) is 3.22. The molecule has 2 nitrogen and oxygen atoms in total. The van der Waals surface area contributed by atoms with Gasteiger partial charge in [-0.15, -0.1) is 0 Å².